The molecule has 4 nitrogen and oxygen atoms in total. The van der Waals surface area contributed by atoms with Gasteiger partial charge >= 0.3 is 0 Å². The molecular weight excluding hydrogens is 172 g/mol. The predicted molar refractivity (Wildman–Crippen MR) is 51.6 cm³/mol. The molecule has 0 unspecified atom stereocenters. The third-order valence-electron chi connectivity index (χ3n) is 2.21. The first kappa shape index (κ1) is 10.9. The lowest BCUT2D eigenvalue weighted by atomic mass is 10.8. The van der Waals surface area contributed by atoms with Crippen molar-refractivity contribution in [1.82, 2.24) is 0 Å². The van der Waals surface area contributed by atoms with E-state index < -0.39 is 8.07 Å². The minimum absolute atomic E-state index is 0.577. The van der Waals surface area contributed by atoms with E-state index in [2.05, 4.69) is 16.9 Å². The van der Waals surface area contributed by atoms with Crippen LogP contribution in [0.25, 0.3) is 0 Å². The number of hydrogen-bond donors (Lipinski definition) is 2. The highest BCUT2D eigenvalue weighted by Gasteiger charge is 2.32. The molecule has 68 valence electrons. The van der Waals surface area contributed by atoms with Crippen molar-refractivity contribution in [2.45, 2.75) is 20.4 Å². The highest BCUT2D eigenvalue weighted by molar-refractivity contribution is 7.28. The molecule has 0 amide bonds. The van der Waals surface area contributed by atoms with E-state index in [9.17, 15) is 0 Å². The molecule has 0 aliphatic heterocycles. The standard InChI is InChI=1S/C7H14N2O2Si/c1-5-12(4,6(2)8-10)7(3)9-11/h5,10-11H,1H2,2-4H3. The van der Waals surface area contributed by atoms with E-state index >= 15 is 0 Å². The van der Waals surface area contributed by atoms with E-state index in [0.717, 1.165) is 0 Å². The fraction of sp³-hybridized carbons (Fsp3) is 0.429. The van der Waals surface area contributed by atoms with E-state index in [1.165, 1.54) is 0 Å². The van der Waals surface area contributed by atoms with Crippen molar-refractivity contribution in [3.63, 3.8) is 0 Å². The van der Waals surface area contributed by atoms with Crippen LogP contribution in [0.1, 0.15) is 13.8 Å². The molecule has 0 atom stereocenters. The Morgan fingerprint density at radius 3 is 1.75 bits per heavy atom. The molecule has 0 bridgehead atoms. The zero-order valence-corrected chi connectivity index (χ0v) is 8.57. The lowest BCUT2D eigenvalue weighted by molar-refractivity contribution is 0.319. The molecule has 0 aliphatic carbocycles. The van der Waals surface area contributed by atoms with Crippen LogP contribution in [0.4, 0.5) is 0 Å². The van der Waals surface area contributed by atoms with Gasteiger partial charge in [0, 0.05) is 10.7 Å². The van der Waals surface area contributed by atoms with Crippen molar-refractivity contribution in [1.29, 1.82) is 0 Å². The van der Waals surface area contributed by atoms with Crippen LogP contribution in [0, 0.1) is 0 Å². The van der Waals surface area contributed by atoms with Gasteiger partial charge < -0.3 is 10.4 Å². The second-order valence-electron chi connectivity index (χ2n) is 2.78. The minimum Gasteiger partial charge on any atom is -0.411 e. The quantitative estimate of drug-likeness (QED) is 0.304. The summed E-state index contributed by atoms with van der Waals surface area (Å²) in [7, 11) is -2.17. The molecule has 0 aromatic rings. The molecule has 0 rings (SSSR count). The number of rotatable bonds is 3. The van der Waals surface area contributed by atoms with Crippen LogP contribution in [0.5, 0.6) is 0 Å². The van der Waals surface area contributed by atoms with Crippen LogP contribution in [0.2, 0.25) is 6.55 Å². The molecule has 0 heterocycles. The van der Waals surface area contributed by atoms with Crippen molar-refractivity contribution >= 4 is 18.7 Å². The van der Waals surface area contributed by atoms with Gasteiger partial charge in [0.2, 0.25) is 0 Å². The summed E-state index contributed by atoms with van der Waals surface area (Å²) in [6.07, 6.45) is 0. The average Bonchev–Trinajstić information content (AvgIpc) is 2.13. The van der Waals surface area contributed by atoms with Crippen LogP contribution in [-0.2, 0) is 0 Å². The summed E-state index contributed by atoms with van der Waals surface area (Å²) in [5, 5.41) is 24.6. The van der Waals surface area contributed by atoms with Crippen molar-refractivity contribution < 1.29 is 10.4 Å². The third-order valence-corrected chi connectivity index (χ3v) is 6.23. The summed E-state index contributed by atoms with van der Waals surface area (Å²) in [5.41, 5.74) is 1.71. The smallest absolute Gasteiger partial charge is 0.180 e. The maximum absolute atomic E-state index is 8.58. The van der Waals surface area contributed by atoms with Gasteiger partial charge in [-0.1, -0.05) is 12.2 Å². The molecule has 0 aliphatic rings. The average molecular weight is 186 g/mol. The number of hydrogen-bond acceptors (Lipinski definition) is 4. The molecule has 0 saturated heterocycles. The lowest BCUT2D eigenvalue weighted by Gasteiger charge is -2.19. The summed E-state index contributed by atoms with van der Waals surface area (Å²) in [6.45, 7) is 8.94. The zero-order chi connectivity index (χ0) is 9.78. The Morgan fingerprint density at radius 2 is 1.58 bits per heavy atom. The topological polar surface area (TPSA) is 65.2 Å². The van der Waals surface area contributed by atoms with Crippen LogP contribution in [0.3, 0.4) is 0 Å². The first-order valence-electron chi connectivity index (χ1n) is 3.54. The van der Waals surface area contributed by atoms with Crippen molar-refractivity contribution in [2.24, 2.45) is 10.3 Å². The summed E-state index contributed by atoms with van der Waals surface area (Å²) in [4.78, 5) is 0. The van der Waals surface area contributed by atoms with Gasteiger partial charge in [0.15, 0.2) is 8.07 Å². The van der Waals surface area contributed by atoms with E-state index in [1.54, 1.807) is 19.5 Å². The summed E-state index contributed by atoms with van der Waals surface area (Å²) in [6, 6.07) is 0. The summed E-state index contributed by atoms with van der Waals surface area (Å²) < 4.78 is 0. The Kier molecular flexibility index (Phi) is 3.68. The molecule has 2 N–H and O–H groups in total. The second-order valence-corrected chi connectivity index (χ2v) is 7.04. The lowest BCUT2D eigenvalue weighted by Crippen LogP contribution is -2.45. The van der Waals surface area contributed by atoms with Gasteiger partial charge in [0.25, 0.3) is 0 Å². The van der Waals surface area contributed by atoms with Gasteiger partial charge in [0.05, 0.1) is 0 Å². The second kappa shape index (κ2) is 4.06. The maximum Gasteiger partial charge on any atom is 0.180 e. The van der Waals surface area contributed by atoms with Gasteiger partial charge in [-0.3, -0.25) is 0 Å². The molecule has 5 heteroatoms. The van der Waals surface area contributed by atoms with Gasteiger partial charge in [-0.05, 0) is 13.8 Å². The molecule has 0 radical (unpaired) electrons. The van der Waals surface area contributed by atoms with Gasteiger partial charge in [0.1, 0.15) is 0 Å². The fourth-order valence-electron chi connectivity index (χ4n) is 0.765. The Morgan fingerprint density at radius 1 is 1.25 bits per heavy atom. The molecule has 0 fully saturated rings. The molecule has 0 spiro atoms. The van der Waals surface area contributed by atoms with E-state index in [4.69, 9.17) is 10.4 Å². The van der Waals surface area contributed by atoms with Gasteiger partial charge in [-0.15, -0.1) is 16.9 Å². The van der Waals surface area contributed by atoms with E-state index in [0.29, 0.717) is 10.7 Å². The highest BCUT2D eigenvalue weighted by Crippen LogP contribution is 2.09. The highest BCUT2D eigenvalue weighted by atomic mass is 28.3. The zero-order valence-electron chi connectivity index (χ0n) is 7.57. The van der Waals surface area contributed by atoms with Crippen LogP contribution in [-0.4, -0.2) is 29.2 Å². The summed E-state index contributed by atoms with van der Waals surface area (Å²) in [5.74, 6) is 0. The molecule has 12 heavy (non-hydrogen) atoms. The van der Waals surface area contributed by atoms with Crippen molar-refractivity contribution in [3.05, 3.63) is 12.3 Å². The monoisotopic (exact) mass is 186 g/mol. The molecular formula is C7H14N2O2Si. The first-order chi connectivity index (χ1) is 5.52. The fourth-order valence-corrected chi connectivity index (χ4v) is 2.29. The van der Waals surface area contributed by atoms with E-state index in [-0.39, 0.29) is 0 Å². The largest absolute Gasteiger partial charge is 0.411 e. The number of oxime groups is 2. The van der Waals surface area contributed by atoms with Gasteiger partial charge in [-0.2, -0.15) is 0 Å². The Bertz CT molecular complexity index is 218. The summed E-state index contributed by atoms with van der Waals surface area (Å²) >= 11 is 0. The van der Waals surface area contributed by atoms with Crippen LogP contribution >= 0.6 is 0 Å². The van der Waals surface area contributed by atoms with Crippen molar-refractivity contribution in [2.75, 3.05) is 0 Å². The Balaban J connectivity index is 5.07. The predicted octanol–water partition coefficient (Wildman–Crippen LogP) is 1.57. The first-order valence-corrected chi connectivity index (χ1v) is 6.12. The Hall–Kier alpha value is -1.10. The van der Waals surface area contributed by atoms with Crippen molar-refractivity contribution in [3.8, 4) is 0 Å². The van der Waals surface area contributed by atoms with Crippen LogP contribution < -0.4 is 0 Å². The maximum atomic E-state index is 8.58. The van der Waals surface area contributed by atoms with Crippen LogP contribution in [0.15, 0.2) is 22.6 Å². The van der Waals surface area contributed by atoms with E-state index in [1.807, 2.05) is 6.55 Å². The Labute approximate surface area is 72.9 Å². The molecule has 0 aromatic carbocycles. The number of nitrogens with zero attached hydrogens (tertiary/aromatic N) is 2. The normalized spacial score (nSPS) is 18.6. The third kappa shape index (κ3) is 1.73. The SMILES string of the molecule is C=C[Si](C)(C(C)=NO)C(C)=NO. The van der Waals surface area contributed by atoms with Gasteiger partial charge in [-0.25, -0.2) is 0 Å². The molecule has 0 aromatic heterocycles. The molecule has 0 saturated carbocycles. The minimum atomic E-state index is -2.17.